The maximum atomic E-state index is 12.6. The van der Waals surface area contributed by atoms with E-state index in [-0.39, 0.29) is 5.69 Å². The lowest BCUT2D eigenvalue weighted by atomic mass is 10.0. The van der Waals surface area contributed by atoms with E-state index in [9.17, 15) is 13.6 Å². The summed E-state index contributed by atoms with van der Waals surface area (Å²) in [5, 5.41) is 6.34. The fraction of sp³-hybridized carbons (Fsp3) is 0.273. The Balaban J connectivity index is 2.64. The van der Waals surface area contributed by atoms with Crippen LogP contribution in [0.2, 0.25) is 0 Å². The Labute approximate surface area is 95.6 Å². The first-order valence-electron chi connectivity index (χ1n) is 4.89. The van der Waals surface area contributed by atoms with Crippen LogP contribution in [-0.2, 0) is 4.74 Å². The molecule has 0 fully saturated rings. The number of ether oxygens (including phenoxy) is 1. The molecule has 2 aromatic rings. The maximum absolute atomic E-state index is 12.6. The topological polar surface area (TPSA) is 55.0 Å². The molecule has 0 aliphatic heterocycles. The van der Waals surface area contributed by atoms with Gasteiger partial charge in [0.2, 0.25) is 0 Å². The van der Waals surface area contributed by atoms with Crippen LogP contribution >= 0.6 is 0 Å². The number of carbonyl (C=O) groups is 1. The third kappa shape index (κ3) is 1.86. The molecule has 6 heteroatoms. The molecule has 0 aliphatic rings. The smallest absolute Gasteiger partial charge is 0.338 e. The minimum atomic E-state index is -2.62. The molecule has 0 unspecified atom stereocenters. The Morgan fingerprint density at radius 1 is 1.47 bits per heavy atom. The SMILES string of the molecule is COC(=O)c1cc2n[nH]c(C(F)F)c2cc1C. The minimum absolute atomic E-state index is 0.237. The lowest BCUT2D eigenvalue weighted by Gasteiger charge is -2.04. The van der Waals surface area contributed by atoms with Crippen LogP contribution in [-0.4, -0.2) is 23.3 Å². The van der Waals surface area contributed by atoms with E-state index in [1.165, 1.54) is 19.2 Å². The monoisotopic (exact) mass is 240 g/mol. The molecule has 0 aliphatic carbocycles. The molecule has 1 heterocycles. The van der Waals surface area contributed by atoms with Gasteiger partial charge >= 0.3 is 5.97 Å². The van der Waals surface area contributed by atoms with E-state index >= 15 is 0 Å². The number of H-pyrrole nitrogens is 1. The molecule has 0 spiro atoms. The predicted octanol–water partition coefficient (Wildman–Crippen LogP) is 2.60. The summed E-state index contributed by atoms with van der Waals surface area (Å²) < 4.78 is 29.8. The number of carbonyl (C=O) groups excluding carboxylic acids is 1. The van der Waals surface area contributed by atoms with E-state index in [0.717, 1.165) is 0 Å². The zero-order valence-electron chi connectivity index (χ0n) is 9.25. The second-order valence-corrected chi connectivity index (χ2v) is 3.61. The number of fused-ring (bicyclic) bond motifs is 1. The number of aromatic nitrogens is 2. The Morgan fingerprint density at radius 3 is 2.76 bits per heavy atom. The average molecular weight is 240 g/mol. The summed E-state index contributed by atoms with van der Waals surface area (Å²) in [5.41, 5.74) is 0.991. The molecule has 0 amide bonds. The molecular formula is C11H10F2N2O2. The molecule has 0 saturated heterocycles. The molecule has 4 nitrogen and oxygen atoms in total. The fourth-order valence-electron chi connectivity index (χ4n) is 1.68. The first kappa shape index (κ1) is 11.5. The summed E-state index contributed by atoms with van der Waals surface area (Å²) in [6.45, 7) is 1.66. The van der Waals surface area contributed by atoms with Gasteiger partial charge < -0.3 is 4.74 Å². The van der Waals surface area contributed by atoms with Crippen LogP contribution in [0.25, 0.3) is 10.9 Å². The number of nitrogens with one attached hydrogen (secondary N) is 1. The number of nitrogens with zero attached hydrogens (tertiary/aromatic N) is 1. The number of aryl methyl sites for hydroxylation is 1. The van der Waals surface area contributed by atoms with Crippen molar-refractivity contribution in [3.63, 3.8) is 0 Å². The summed E-state index contributed by atoms with van der Waals surface area (Å²) in [7, 11) is 1.26. The van der Waals surface area contributed by atoms with Gasteiger partial charge in [-0.2, -0.15) is 5.10 Å². The van der Waals surface area contributed by atoms with E-state index < -0.39 is 12.4 Å². The molecule has 2 rings (SSSR count). The van der Waals surface area contributed by atoms with E-state index in [1.807, 2.05) is 0 Å². The van der Waals surface area contributed by atoms with Crippen LogP contribution in [0.1, 0.15) is 28.0 Å². The van der Waals surface area contributed by atoms with Gasteiger partial charge in [-0.1, -0.05) is 0 Å². The fourth-order valence-corrected chi connectivity index (χ4v) is 1.68. The minimum Gasteiger partial charge on any atom is -0.465 e. The van der Waals surface area contributed by atoms with Gasteiger partial charge in [-0.05, 0) is 24.6 Å². The van der Waals surface area contributed by atoms with Crippen LogP contribution in [0, 0.1) is 6.92 Å². The molecule has 1 N–H and O–H groups in total. The molecule has 0 radical (unpaired) electrons. The van der Waals surface area contributed by atoms with Gasteiger partial charge in [0.1, 0.15) is 5.69 Å². The van der Waals surface area contributed by atoms with Crippen molar-refractivity contribution < 1.29 is 18.3 Å². The van der Waals surface area contributed by atoms with Crippen molar-refractivity contribution in [1.29, 1.82) is 0 Å². The van der Waals surface area contributed by atoms with Gasteiger partial charge in [-0.15, -0.1) is 0 Å². The maximum Gasteiger partial charge on any atom is 0.338 e. The highest BCUT2D eigenvalue weighted by Crippen LogP contribution is 2.27. The lowest BCUT2D eigenvalue weighted by molar-refractivity contribution is 0.0600. The van der Waals surface area contributed by atoms with E-state index in [2.05, 4.69) is 14.9 Å². The number of esters is 1. The van der Waals surface area contributed by atoms with Crippen molar-refractivity contribution in [2.75, 3.05) is 7.11 Å². The molecule has 90 valence electrons. The Bertz CT molecular complexity index is 578. The van der Waals surface area contributed by atoms with Crippen LogP contribution in [0.15, 0.2) is 12.1 Å². The standard InChI is InChI=1S/C11H10F2N2O2/c1-5-3-7-8(4-6(5)11(16)17-2)14-15-9(7)10(12)13/h3-4,10H,1-2H3,(H,14,15). The highest BCUT2D eigenvalue weighted by atomic mass is 19.3. The van der Waals surface area contributed by atoms with E-state index in [4.69, 9.17) is 0 Å². The third-order valence-corrected chi connectivity index (χ3v) is 2.55. The van der Waals surface area contributed by atoms with Crippen LogP contribution in [0.4, 0.5) is 8.78 Å². The molecular weight excluding hydrogens is 230 g/mol. The molecule has 1 aromatic carbocycles. The van der Waals surface area contributed by atoms with Gasteiger partial charge in [-0.3, -0.25) is 5.10 Å². The first-order valence-corrected chi connectivity index (χ1v) is 4.89. The average Bonchev–Trinajstić information content (AvgIpc) is 2.69. The number of aromatic amines is 1. The Morgan fingerprint density at radius 2 is 2.18 bits per heavy atom. The molecule has 0 saturated carbocycles. The Hall–Kier alpha value is -1.98. The lowest BCUT2D eigenvalue weighted by Crippen LogP contribution is -2.03. The van der Waals surface area contributed by atoms with Crippen molar-refractivity contribution in [1.82, 2.24) is 10.2 Å². The summed E-state index contributed by atoms with van der Waals surface area (Å²) in [6, 6.07) is 2.95. The molecule has 0 atom stereocenters. The number of alkyl halides is 2. The predicted molar refractivity (Wildman–Crippen MR) is 57.1 cm³/mol. The van der Waals surface area contributed by atoms with Crippen molar-refractivity contribution >= 4 is 16.9 Å². The first-order chi connectivity index (χ1) is 8.04. The van der Waals surface area contributed by atoms with Gasteiger partial charge in [0.15, 0.2) is 0 Å². The number of hydrogen-bond donors (Lipinski definition) is 1. The van der Waals surface area contributed by atoms with Gasteiger partial charge in [-0.25, -0.2) is 13.6 Å². The van der Waals surface area contributed by atoms with Crippen molar-refractivity contribution in [2.24, 2.45) is 0 Å². The quantitative estimate of drug-likeness (QED) is 0.821. The van der Waals surface area contributed by atoms with E-state index in [1.54, 1.807) is 6.92 Å². The normalized spacial score (nSPS) is 11.1. The third-order valence-electron chi connectivity index (χ3n) is 2.55. The van der Waals surface area contributed by atoms with Gasteiger partial charge in [0, 0.05) is 5.39 Å². The highest BCUT2D eigenvalue weighted by molar-refractivity contribution is 5.96. The van der Waals surface area contributed by atoms with E-state index in [0.29, 0.717) is 22.0 Å². The number of benzene rings is 1. The number of halogens is 2. The highest BCUT2D eigenvalue weighted by Gasteiger charge is 2.18. The molecule has 1 aromatic heterocycles. The largest absolute Gasteiger partial charge is 0.465 e. The zero-order valence-corrected chi connectivity index (χ0v) is 9.25. The molecule has 0 bridgehead atoms. The second-order valence-electron chi connectivity index (χ2n) is 3.61. The number of rotatable bonds is 2. The Kier molecular flexibility index (Phi) is 2.79. The summed E-state index contributed by atoms with van der Waals surface area (Å²) in [6.07, 6.45) is -2.62. The van der Waals surface area contributed by atoms with Gasteiger partial charge in [0.25, 0.3) is 6.43 Å². The van der Waals surface area contributed by atoms with Crippen LogP contribution in [0.3, 0.4) is 0 Å². The molecule has 17 heavy (non-hydrogen) atoms. The van der Waals surface area contributed by atoms with Crippen molar-refractivity contribution in [3.05, 3.63) is 29.0 Å². The van der Waals surface area contributed by atoms with Crippen LogP contribution in [0.5, 0.6) is 0 Å². The summed E-state index contributed by atoms with van der Waals surface area (Å²) >= 11 is 0. The van der Waals surface area contributed by atoms with Crippen LogP contribution < -0.4 is 0 Å². The summed E-state index contributed by atoms with van der Waals surface area (Å²) in [4.78, 5) is 11.4. The zero-order chi connectivity index (χ0) is 12.6. The number of methoxy groups -OCH3 is 1. The van der Waals surface area contributed by atoms with Crippen molar-refractivity contribution in [3.8, 4) is 0 Å². The number of hydrogen-bond acceptors (Lipinski definition) is 3. The van der Waals surface area contributed by atoms with Crippen molar-refractivity contribution in [2.45, 2.75) is 13.3 Å². The summed E-state index contributed by atoms with van der Waals surface area (Å²) in [5.74, 6) is -0.508. The second kappa shape index (κ2) is 4.12. The van der Waals surface area contributed by atoms with Gasteiger partial charge in [0.05, 0.1) is 18.2 Å².